The van der Waals surface area contributed by atoms with Gasteiger partial charge in [0, 0.05) is 29.4 Å². The molecule has 0 N–H and O–H groups in total. The second kappa shape index (κ2) is 6.61. The molecular weight excluding hydrogens is 386 g/mol. The van der Waals surface area contributed by atoms with Crippen molar-refractivity contribution >= 4 is 43.4 Å². The molecular formula is C18H18ClN5O2S. The molecule has 7 nitrogen and oxygen atoms in total. The summed E-state index contributed by atoms with van der Waals surface area (Å²) in [6, 6.07) is 7.30. The zero-order chi connectivity index (χ0) is 19.2. The van der Waals surface area contributed by atoms with Gasteiger partial charge in [-0.2, -0.15) is 5.10 Å². The Balaban J connectivity index is 1.89. The topological polar surface area (TPSA) is 82.7 Å². The Bertz CT molecular complexity index is 1260. The fourth-order valence-electron chi connectivity index (χ4n) is 3.27. The molecule has 0 amide bonds. The van der Waals surface area contributed by atoms with Gasteiger partial charge in [-0.3, -0.25) is 9.67 Å². The summed E-state index contributed by atoms with van der Waals surface area (Å²) in [6.45, 7) is 3.23. The lowest BCUT2D eigenvalue weighted by atomic mass is 10.3. The van der Waals surface area contributed by atoms with Crippen molar-refractivity contribution in [2.24, 2.45) is 0 Å². The van der Waals surface area contributed by atoms with Crippen LogP contribution in [0, 0.1) is 0 Å². The van der Waals surface area contributed by atoms with E-state index >= 15 is 0 Å². The highest BCUT2D eigenvalue weighted by molar-refractivity contribution is 7.90. The first-order valence-corrected chi connectivity index (χ1v) is 10.8. The minimum absolute atomic E-state index is 0.0566. The van der Waals surface area contributed by atoms with Crippen LogP contribution < -0.4 is 0 Å². The number of halogens is 1. The maximum absolute atomic E-state index is 12.1. The van der Waals surface area contributed by atoms with Crippen LogP contribution in [-0.2, 0) is 22.9 Å². The average molecular weight is 404 g/mol. The molecule has 0 saturated carbocycles. The molecule has 0 fully saturated rings. The Morgan fingerprint density at radius 1 is 1.19 bits per heavy atom. The first-order chi connectivity index (χ1) is 12.9. The summed E-state index contributed by atoms with van der Waals surface area (Å²) >= 11 is 6.11. The van der Waals surface area contributed by atoms with Crippen LogP contribution in [0.25, 0.3) is 21.9 Å². The molecule has 140 valence electrons. The molecule has 0 aliphatic rings. The summed E-state index contributed by atoms with van der Waals surface area (Å²) in [5.41, 5.74) is 2.46. The first kappa shape index (κ1) is 17.9. The molecule has 0 radical (unpaired) electrons. The number of aryl methyl sites for hydroxylation is 1. The maximum Gasteiger partial charge on any atom is 0.195 e. The fraction of sp³-hybridized carbons (Fsp3) is 0.278. The number of pyridine rings is 1. The number of nitrogens with zero attached hydrogens (tertiary/aromatic N) is 5. The van der Waals surface area contributed by atoms with Gasteiger partial charge in [0.1, 0.15) is 5.82 Å². The Hall–Kier alpha value is -2.45. The highest BCUT2D eigenvalue weighted by Gasteiger charge is 2.20. The fourth-order valence-corrected chi connectivity index (χ4v) is 4.25. The Labute approximate surface area is 161 Å². The minimum atomic E-state index is -3.46. The van der Waals surface area contributed by atoms with Gasteiger partial charge in [-0.25, -0.2) is 13.4 Å². The van der Waals surface area contributed by atoms with Crippen molar-refractivity contribution in [3.05, 3.63) is 47.5 Å². The van der Waals surface area contributed by atoms with Gasteiger partial charge in [0.25, 0.3) is 0 Å². The number of hydrogen-bond acceptors (Lipinski definition) is 5. The number of rotatable bonds is 5. The van der Waals surface area contributed by atoms with E-state index in [1.807, 2.05) is 18.2 Å². The van der Waals surface area contributed by atoms with E-state index in [0.29, 0.717) is 22.5 Å². The third kappa shape index (κ3) is 3.19. The van der Waals surface area contributed by atoms with E-state index in [4.69, 9.17) is 16.6 Å². The largest absolute Gasteiger partial charge is 0.326 e. The normalized spacial score (nSPS) is 12.3. The highest BCUT2D eigenvalue weighted by Crippen LogP contribution is 2.25. The highest BCUT2D eigenvalue weighted by atomic mass is 35.5. The number of aromatic nitrogens is 5. The Morgan fingerprint density at radius 3 is 2.74 bits per heavy atom. The third-order valence-corrected chi connectivity index (χ3v) is 5.64. The zero-order valence-corrected chi connectivity index (χ0v) is 16.5. The second-order valence-electron chi connectivity index (χ2n) is 6.44. The van der Waals surface area contributed by atoms with Crippen molar-refractivity contribution in [2.45, 2.75) is 31.5 Å². The lowest BCUT2D eigenvalue weighted by molar-refractivity contribution is 0.578. The standard InChI is InChI=1S/C18H18ClN5O2S/c1-3-8-23-15-5-4-12(19)9-14(15)21-17(23)11-24-16-10-20-7-6-13(16)18(22-24)27(2,25)26/h4-7,9-10H,3,8,11H2,1-2H3. The monoisotopic (exact) mass is 403 g/mol. The summed E-state index contributed by atoms with van der Waals surface area (Å²) in [6.07, 6.45) is 5.29. The van der Waals surface area contributed by atoms with Crippen LogP contribution in [0.5, 0.6) is 0 Å². The number of imidazole rings is 1. The van der Waals surface area contributed by atoms with E-state index < -0.39 is 9.84 Å². The molecule has 1 aromatic carbocycles. The number of sulfone groups is 1. The molecule has 0 aliphatic heterocycles. The molecule has 0 atom stereocenters. The van der Waals surface area contributed by atoms with Gasteiger partial charge in [-0.1, -0.05) is 18.5 Å². The number of benzene rings is 1. The number of fused-ring (bicyclic) bond motifs is 2. The van der Waals surface area contributed by atoms with E-state index in [0.717, 1.165) is 36.1 Å². The molecule has 4 aromatic rings. The van der Waals surface area contributed by atoms with E-state index in [1.165, 1.54) is 0 Å². The van der Waals surface area contributed by atoms with Gasteiger partial charge in [0.2, 0.25) is 0 Å². The van der Waals surface area contributed by atoms with Crippen LogP contribution in [0.4, 0.5) is 0 Å². The molecule has 9 heteroatoms. The van der Waals surface area contributed by atoms with Crippen LogP contribution in [0.15, 0.2) is 41.7 Å². The maximum atomic E-state index is 12.1. The lowest BCUT2D eigenvalue weighted by Gasteiger charge is -2.08. The summed E-state index contributed by atoms with van der Waals surface area (Å²) in [4.78, 5) is 8.84. The van der Waals surface area contributed by atoms with E-state index in [-0.39, 0.29) is 5.03 Å². The molecule has 0 saturated heterocycles. The van der Waals surface area contributed by atoms with Gasteiger partial charge < -0.3 is 4.57 Å². The van der Waals surface area contributed by atoms with Crippen LogP contribution in [0.3, 0.4) is 0 Å². The molecule has 0 aliphatic carbocycles. The molecule has 4 rings (SSSR count). The van der Waals surface area contributed by atoms with E-state index in [2.05, 4.69) is 21.6 Å². The summed E-state index contributed by atoms with van der Waals surface area (Å²) in [5.74, 6) is 0.794. The molecule has 0 bridgehead atoms. The van der Waals surface area contributed by atoms with Crippen molar-refractivity contribution in [3.63, 3.8) is 0 Å². The SMILES string of the molecule is CCCn1c(Cn2nc(S(C)(=O)=O)c3ccncc32)nc2cc(Cl)ccc21. The van der Waals surface area contributed by atoms with Gasteiger partial charge in [0.15, 0.2) is 14.9 Å². The molecule has 0 unspecified atom stereocenters. The molecule has 27 heavy (non-hydrogen) atoms. The zero-order valence-electron chi connectivity index (χ0n) is 14.9. The van der Waals surface area contributed by atoms with Gasteiger partial charge in [-0.05, 0) is 30.7 Å². The van der Waals surface area contributed by atoms with Crippen molar-refractivity contribution < 1.29 is 8.42 Å². The van der Waals surface area contributed by atoms with Crippen molar-refractivity contribution in [1.29, 1.82) is 0 Å². The average Bonchev–Trinajstić information content (AvgIpc) is 3.14. The summed E-state index contributed by atoms with van der Waals surface area (Å²) < 4.78 is 28.0. The van der Waals surface area contributed by atoms with Crippen LogP contribution in [0.1, 0.15) is 19.2 Å². The summed E-state index contributed by atoms with van der Waals surface area (Å²) in [7, 11) is -3.46. The predicted molar refractivity (Wildman–Crippen MR) is 105 cm³/mol. The Kier molecular flexibility index (Phi) is 4.39. The molecule has 3 heterocycles. The van der Waals surface area contributed by atoms with E-state index in [1.54, 1.807) is 23.1 Å². The van der Waals surface area contributed by atoms with Crippen molar-refractivity contribution in [1.82, 2.24) is 24.3 Å². The van der Waals surface area contributed by atoms with Gasteiger partial charge in [-0.15, -0.1) is 0 Å². The van der Waals surface area contributed by atoms with Gasteiger partial charge in [0.05, 0.1) is 29.3 Å². The van der Waals surface area contributed by atoms with Crippen molar-refractivity contribution in [3.8, 4) is 0 Å². The first-order valence-electron chi connectivity index (χ1n) is 8.53. The van der Waals surface area contributed by atoms with Crippen LogP contribution >= 0.6 is 11.6 Å². The number of hydrogen-bond donors (Lipinski definition) is 0. The molecule has 3 aromatic heterocycles. The third-order valence-electron chi connectivity index (χ3n) is 4.40. The second-order valence-corrected chi connectivity index (χ2v) is 8.81. The summed E-state index contributed by atoms with van der Waals surface area (Å²) in [5, 5.41) is 5.60. The Morgan fingerprint density at radius 2 is 2.00 bits per heavy atom. The predicted octanol–water partition coefficient (Wildman–Crippen LogP) is 3.30. The quantitative estimate of drug-likeness (QED) is 0.510. The van der Waals surface area contributed by atoms with Crippen LogP contribution in [-0.4, -0.2) is 39.0 Å². The van der Waals surface area contributed by atoms with E-state index in [9.17, 15) is 8.42 Å². The smallest absolute Gasteiger partial charge is 0.195 e. The lowest BCUT2D eigenvalue weighted by Crippen LogP contribution is -2.10. The van der Waals surface area contributed by atoms with Crippen molar-refractivity contribution in [2.75, 3.05) is 6.26 Å². The van der Waals surface area contributed by atoms with Crippen LogP contribution in [0.2, 0.25) is 5.02 Å². The molecule has 0 spiro atoms. The van der Waals surface area contributed by atoms with Gasteiger partial charge >= 0.3 is 0 Å². The minimum Gasteiger partial charge on any atom is -0.326 e.